The molecule has 5 nitrogen and oxygen atoms in total. The van der Waals surface area contributed by atoms with Crippen molar-refractivity contribution in [2.45, 2.75) is 38.0 Å². The zero-order chi connectivity index (χ0) is 18.5. The molecule has 0 spiro atoms. The Balaban J connectivity index is 1.76. The number of para-hydroxylation sites is 1. The fourth-order valence-electron chi connectivity index (χ4n) is 2.70. The van der Waals surface area contributed by atoms with Crippen LogP contribution < -0.4 is 10.9 Å². The van der Waals surface area contributed by atoms with Crippen LogP contribution in [-0.4, -0.2) is 21.2 Å². The molecule has 0 bridgehead atoms. The van der Waals surface area contributed by atoms with E-state index >= 15 is 0 Å². The summed E-state index contributed by atoms with van der Waals surface area (Å²) in [6.07, 6.45) is 0.828. The second kappa shape index (κ2) is 8.51. The predicted octanol–water partition coefficient (Wildman–Crippen LogP) is 3.84. The van der Waals surface area contributed by atoms with Gasteiger partial charge in [0.15, 0.2) is 5.16 Å². The number of hydrogen-bond donors (Lipinski definition) is 1. The summed E-state index contributed by atoms with van der Waals surface area (Å²) in [7, 11) is 0. The average Bonchev–Trinajstić information content (AvgIpc) is 3.17. The first-order chi connectivity index (χ1) is 12.6. The number of rotatable bonds is 7. The van der Waals surface area contributed by atoms with Crippen LogP contribution in [0.4, 0.5) is 0 Å². The molecule has 3 rings (SSSR count). The Morgan fingerprint density at radius 3 is 2.85 bits per heavy atom. The van der Waals surface area contributed by atoms with Gasteiger partial charge in [0.25, 0.3) is 5.56 Å². The van der Waals surface area contributed by atoms with Gasteiger partial charge in [0.05, 0.1) is 22.7 Å². The SMILES string of the molecule is CCCn1c(SCC(=O)N[C@H](C)c2cccs2)nc2ccccc2c1=O. The molecular weight excluding hydrogens is 366 g/mol. The fraction of sp³-hybridized carbons (Fsp3) is 0.316. The van der Waals surface area contributed by atoms with Crippen molar-refractivity contribution in [3.05, 3.63) is 57.0 Å². The number of hydrogen-bond acceptors (Lipinski definition) is 5. The molecule has 3 aromatic rings. The zero-order valence-corrected chi connectivity index (χ0v) is 16.4. The molecule has 136 valence electrons. The van der Waals surface area contributed by atoms with Gasteiger partial charge in [0, 0.05) is 11.4 Å². The topological polar surface area (TPSA) is 64.0 Å². The molecule has 0 aliphatic carbocycles. The summed E-state index contributed by atoms with van der Waals surface area (Å²) in [5.74, 6) is 0.158. The minimum Gasteiger partial charge on any atom is -0.348 e. The first-order valence-corrected chi connectivity index (χ1v) is 10.4. The normalized spacial score (nSPS) is 12.2. The number of nitrogens with one attached hydrogen (secondary N) is 1. The fourth-order valence-corrected chi connectivity index (χ4v) is 4.27. The van der Waals surface area contributed by atoms with Crippen LogP contribution in [0.2, 0.25) is 0 Å². The van der Waals surface area contributed by atoms with Crippen molar-refractivity contribution >= 4 is 39.9 Å². The smallest absolute Gasteiger partial charge is 0.262 e. The van der Waals surface area contributed by atoms with Crippen molar-refractivity contribution in [1.29, 1.82) is 0 Å². The van der Waals surface area contributed by atoms with Gasteiger partial charge in [-0.1, -0.05) is 36.9 Å². The third-order valence-electron chi connectivity index (χ3n) is 3.95. The lowest BCUT2D eigenvalue weighted by atomic mass is 10.2. The molecule has 1 N–H and O–H groups in total. The Bertz CT molecular complexity index is 951. The van der Waals surface area contributed by atoms with Crippen molar-refractivity contribution < 1.29 is 4.79 Å². The molecule has 2 heterocycles. The Labute approximate surface area is 160 Å². The molecule has 0 aliphatic heterocycles. The second-order valence-electron chi connectivity index (χ2n) is 5.96. The number of carbonyl (C=O) groups is 1. The number of amides is 1. The highest BCUT2D eigenvalue weighted by atomic mass is 32.2. The van der Waals surface area contributed by atoms with Gasteiger partial charge in [0.2, 0.25) is 5.91 Å². The number of carbonyl (C=O) groups excluding carboxylic acids is 1. The molecule has 1 atom stereocenters. The largest absolute Gasteiger partial charge is 0.348 e. The van der Waals surface area contributed by atoms with Crippen molar-refractivity contribution in [3.8, 4) is 0 Å². The summed E-state index contributed by atoms with van der Waals surface area (Å²) in [4.78, 5) is 30.7. The maximum atomic E-state index is 12.7. The Morgan fingerprint density at radius 2 is 2.12 bits per heavy atom. The lowest BCUT2D eigenvalue weighted by Gasteiger charge is -2.14. The summed E-state index contributed by atoms with van der Waals surface area (Å²) >= 11 is 2.93. The van der Waals surface area contributed by atoms with Gasteiger partial charge >= 0.3 is 0 Å². The van der Waals surface area contributed by atoms with E-state index in [1.807, 2.05) is 49.6 Å². The van der Waals surface area contributed by atoms with Crippen molar-refractivity contribution in [3.63, 3.8) is 0 Å². The van der Waals surface area contributed by atoms with E-state index in [0.717, 1.165) is 11.3 Å². The van der Waals surface area contributed by atoms with E-state index < -0.39 is 0 Å². The number of thiophene rings is 1. The number of fused-ring (bicyclic) bond motifs is 1. The molecule has 1 aromatic carbocycles. The summed E-state index contributed by atoms with van der Waals surface area (Å²) in [5.41, 5.74) is 0.618. The monoisotopic (exact) mass is 387 g/mol. The van der Waals surface area contributed by atoms with Crippen LogP contribution in [-0.2, 0) is 11.3 Å². The number of thioether (sulfide) groups is 1. The van der Waals surface area contributed by atoms with Crippen molar-refractivity contribution in [2.75, 3.05) is 5.75 Å². The molecule has 0 saturated carbocycles. The van der Waals surface area contributed by atoms with Gasteiger partial charge in [-0.25, -0.2) is 4.98 Å². The third-order valence-corrected chi connectivity index (χ3v) is 5.99. The summed E-state index contributed by atoms with van der Waals surface area (Å²) in [5, 5.41) is 6.19. The van der Waals surface area contributed by atoms with Crippen LogP contribution in [0.25, 0.3) is 10.9 Å². The van der Waals surface area contributed by atoms with Crippen molar-refractivity contribution in [2.24, 2.45) is 0 Å². The van der Waals surface area contributed by atoms with Gasteiger partial charge in [-0.2, -0.15) is 0 Å². The van der Waals surface area contributed by atoms with E-state index in [1.54, 1.807) is 22.0 Å². The molecule has 26 heavy (non-hydrogen) atoms. The summed E-state index contributed by atoms with van der Waals surface area (Å²) < 4.78 is 1.67. The Kier molecular flexibility index (Phi) is 6.11. The van der Waals surface area contributed by atoms with Crippen LogP contribution in [0.5, 0.6) is 0 Å². The third kappa shape index (κ3) is 4.16. The molecule has 0 fully saturated rings. The minimum atomic E-state index is -0.0682. The highest BCUT2D eigenvalue weighted by Gasteiger charge is 2.14. The van der Waals surface area contributed by atoms with Gasteiger partial charge in [0.1, 0.15) is 0 Å². The molecule has 2 aromatic heterocycles. The maximum Gasteiger partial charge on any atom is 0.262 e. The Hall–Kier alpha value is -2.12. The molecule has 0 radical (unpaired) electrons. The van der Waals surface area contributed by atoms with Crippen molar-refractivity contribution in [1.82, 2.24) is 14.9 Å². The molecule has 7 heteroatoms. The highest BCUT2D eigenvalue weighted by molar-refractivity contribution is 7.99. The van der Waals surface area contributed by atoms with E-state index in [2.05, 4.69) is 10.3 Å². The molecule has 0 unspecified atom stereocenters. The lowest BCUT2D eigenvalue weighted by molar-refractivity contribution is -0.119. The standard InChI is InChI=1S/C19H21N3O2S2/c1-3-10-22-18(24)14-7-4-5-8-15(14)21-19(22)26-12-17(23)20-13(2)16-9-6-11-25-16/h4-9,11,13H,3,10,12H2,1-2H3,(H,20,23)/t13-/m1/s1. The highest BCUT2D eigenvalue weighted by Crippen LogP contribution is 2.20. The summed E-state index contributed by atoms with van der Waals surface area (Å²) in [6.45, 7) is 4.58. The number of nitrogens with zero attached hydrogens (tertiary/aromatic N) is 2. The first kappa shape index (κ1) is 18.7. The zero-order valence-electron chi connectivity index (χ0n) is 14.8. The van der Waals surface area contributed by atoms with E-state index in [9.17, 15) is 9.59 Å². The lowest BCUT2D eigenvalue weighted by Crippen LogP contribution is -2.28. The number of benzene rings is 1. The van der Waals surface area contributed by atoms with E-state index in [1.165, 1.54) is 11.8 Å². The Morgan fingerprint density at radius 1 is 1.31 bits per heavy atom. The molecule has 0 aliphatic rings. The van der Waals surface area contributed by atoms with Crippen LogP contribution >= 0.6 is 23.1 Å². The second-order valence-corrected chi connectivity index (χ2v) is 7.88. The predicted molar refractivity (Wildman–Crippen MR) is 108 cm³/mol. The molecular formula is C19H21N3O2S2. The first-order valence-electron chi connectivity index (χ1n) is 8.55. The van der Waals surface area contributed by atoms with E-state index in [4.69, 9.17) is 0 Å². The summed E-state index contributed by atoms with van der Waals surface area (Å²) in [6, 6.07) is 11.3. The van der Waals surface area contributed by atoms with Gasteiger partial charge in [-0.3, -0.25) is 14.2 Å². The maximum absolute atomic E-state index is 12.7. The van der Waals surface area contributed by atoms with Gasteiger partial charge in [-0.15, -0.1) is 11.3 Å². The quantitative estimate of drug-likeness (QED) is 0.494. The average molecular weight is 388 g/mol. The molecule has 1 amide bonds. The van der Waals surface area contributed by atoms with E-state index in [0.29, 0.717) is 22.6 Å². The van der Waals surface area contributed by atoms with Crippen LogP contribution in [0.3, 0.4) is 0 Å². The van der Waals surface area contributed by atoms with Crippen LogP contribution in [0, 0.1) is 0 Å². The number of aromatic nitrogens is 2. The minimum absolute atomic E-state index is 0.0227. The van der Waals surface area contributed by atoms with Crippen LogP contribution in [0.1, 0.15) is 31.2 Å². The van der Waals surface area contributed by atoms with Gasteiger partial charge in [-0.05, 0) is 36.9 Å². The van der Waals surface area contributed by atoms with Crippen LogP contribution in [0.15, 0.2) is 51.7 Å². The van der Waals surface area contributed by atoms with Gasteiger partial charge < -0.3 is 5.32 Å². The van der Waals surface area contributed by atoms with E-state index in [-0.39, 0.29) is 23.3 Å². The molecule has 0 saturated heterocycles.